The molecule has 2 N–H and O–H groups in total. The lowest BCUT2D eigenvalue weighted by molar-refractivity contribution is -0.384. The number of nitrogens with zero attached hydrogens (tertiary/aromatic N) is 2. The monoisotopic (exact) mass is 438 g/mol. The van der Waals surface area contributed by atoms with Crippen LogP contribution < -0.4 is 10.6 Å². The van der Waals surface area contributed by atoms with Gasteiger partial charge >= 0.3 is 0 Å². The number of hydrogen-bond acceptors (Lipinski definition) is 5. The number of anilines is 2. The van der Waals surface area contributed by atoms with E-state index < -0.39 is 39.9 Å². The summed E-state index contributed by atoms with van der Waals surface area (Å²) in [5.74, 6) is -5.95. The van der Waals surface area contributed by atoms with Crippen molar-refractivity contribution >= 4 is 28.9 Å². The van der Waals surface area contributed by atoms with Crippen LogP contribution in [0.25, 0.3) is 0 Å². The fourth-order valence-electron chi connectivity index (χ4n) is 2.84. The van der Waals surface area contributed by atoms with E-state index >= 15 is 0 Å². The molecule has 11 heteroatoms. The third-order valence-corrected chi connectivity index (χ3v) is 4.21. The molecular formula is C20H21F3N4O4. The molecule has 0 fully saturated rings. The zero-order valence-electron chi connectivity index (χ0n) is 16.9. The van der Waals surface area contributed by atoms with Gasteiger partial charge in [0.05, 0.1) is 23.7 Å². The first-order valence-corrected chi connectivity index (χ1v) is 9.33. The van der Waals surface area contributed by atoms with Gasteiger partial charge in [-0.3, -0.25) is 24.6 Å². The molecule has 0 aliphatic rings. The fraction of sp³-hybridized carbons (Fsp3) is 0.300. The highest BCUT2D eigenvalue weighted by molar-refractivity contribution is 5.96. The molecule has 0 unspecified atom stereocenters. The summed E-state index contributed by atoms with van der Waals surface area (Å²) in [6.07, 6.45) is 0.574. The van der Waals surface area contributed by atoms with Crippen LogP contribution >= 0.6 is 0 Å². The number of nitrogens with one attached hydrogen (secondary N) is 2. The molecule has 0 bridgehead atoms. The van der Waals surface area contributed by atoms with Crippen LogP contribution in [0.1, 0.15) is 18.9 Å². The molecule has 0 atom stereocenters. The van der Waals surface area contributed by atoms with Gasteiger partial charge in [-0.25, -0.2) is 13.2 Å². The number of carbonyl (C=O) groups excluding carboxylic acids is 2. The van der Waals surface area contributed by atoms with Gasteiger partial charge in [0.2, 0.25) is 11.8 Å². The van der Waals surface area contributed by atoms with Crippen molar-refractivity contribution in [2.24, 2.45) is 0 Å². The highest BCUT2D eigenvalue weighted by Gasteiger charge is 2.20. The Morgan fingerprint density at radius 2 is 1.58 bits per heavy atom. The number of benzene rings is 2. The lowest BCUT2D eigenvalue weighted by Gasteiger charge is -2.20. The van der Waals surface area contributed by atoms with E-state index in [9.17, 15) is 32.9 Å². The average Bonchev–Trinajstić information content (AvgIpc) is 2.69. The summed E-state index contributed by atoms with van der Waals surface area (Å²) in [6, 6.07) is 5.91. The van der Waals surface area contributed by atoms with Crippen LogP contribution in [-0.4, -0.2) is 41.3 Å². The second-order valence-electron chi connectivity index (χ2n) is 6.81. The van der Waals surface area contributed by atoms with Crippen LogP contribution in [-0.2, 0) is 9.59 Å². The zero-order valence-corrected chi connectivity index (χ0v) is 16.9. The van der Waals surface area contributed by atoms with Gasteiger partial charge in [-0.05, 0) is 43.7 Å². The van der Waals surface area contributed by atoms with Crippen molar-refractivity contribution in [1.29, 1.82) is 0 Å². The number of carbonyl (C=O) groups is 2. The lowest BCUT2D eigenvalue weighted by Crippen LogP contribution is -2.39. The number of rotatable bonds is 9. The van der Waals surface area contributed by atoms with Crippen molar-refractivity contribution in [3.05, 3.63) is 63.5 Å². The molecule has 0 heterocycles. The van der Waals surface area contributed by atoms with Gasteiger partial charge < -0.3 is 10.6 Å². The Labute approximate surface area is 176 Å². The van der Waals surface area contributed by atoms with Crippen molar-refractivity contribution in [3.8, 4) is 0 Å². The SMILES string of the molecule is CCCN(CC(=O)Nc1ccc(C)cc1[N+](=O)[O-])CC(=O)Nc1ccc(F)c(F)c1F. The first-order valence-electron chi connectivity index (χ1n) is 9.33. The number of amides is 2. The minimum absolute atomic E-state index is 0.0189. The lowest BCUT2D eigenvalue weighted by atomic mass is 10.2. The molecule has 0 aliphatic heterocycles. The molecule has 2 amide bonds. The maximum absolute atomic E-state index is 13.7. The van der Waals surface area contributed by atoms with Gasteiger partial charge in [0.1, 0.15) is 5.69 Å². The first-order chi connectivity index (χ1) is 14.6. The Kier molecular flexibility index (Phi) is 8.08. The largest absolute Gasteiger partial charge is 0.322 e. The minimum Gasteiger partial charge on any atom is -0.322 e. The summed E-state index contributed by atoms with van der Waals surface area (Å²) in [7, 11) is 0. The van der Waals surface area contributed by atoms with Gasteiger partial charge in [0.25, 0.3) is 5.69 Å². The van der Waals surface area contributed by atoms with E-state index in [0.29, 0.717) is 24.6 Å². The predicted molar refractivity (Wildman–Crippen MR) is 108 cm³/mol. The summed E-state index contributed by atoms with van der Waals surface area (Å²) in [4.78, 5) is 36.6. The summed E-state index contributed by atoms with van der Waals surface area (Å²) >= 11 is 0. The van der Waals surface area contributed by atoms with Gasteiger partial charge in [-0.2, -0.15) is 0 Å². The summed E-state index contributed by atoms with van der Waals surface area (Å²) in [6.45, 7) is 3.19. The molecule has 8 nitrogen and oxygen atoms in total. The normalized spacial score (nSPS) is 10.8. The van der Waals surface area contributed by atoms with Gasteiger partial charge in [0.15, 0.2) is 17.5 Å². The third kappa shape index (κ3) is 6.51. The van der Waals surface area contributed by atoms with E-state index in [0.717, 1.165) is 6.07 Å². The molecular weight excluding hydrogens is 417 g/mol. The van der Waals surface area contributed by atoms with Crippen LogP contribution in [0.2, 0.25) is 0 Å². The van der Waals surface area contributed by atoms with E-state index in [1.165, 1.54) is 17.0 Å². The number of nitro benzene ring substituents is 1. The van der Waals surface area contributed by atoms with Crippen molar-refractivity contribution < 1.29 is 27.7 Å². The van der Waals surface area contributed by atoms with E-state index in [1.807, 2.05) is 6.92 Å². The minimum atomic E-state index is -1.71. The van der Waals surface area contributed by atoms with Gasteiger partial charge in [-0.15, -0.1) is 0 Å². The van der Waals surface area contributed by atoms with Crippen molar-refractivity contribution in [2.45, 2.75) is 20.3 Å². The quantitative estimate of drug-likeness (QED) is 0.354. The Morgan fingerprint density at radius 1 is 1.00 bits per heavy atom. The third-order valence-electron chi connectivity index (χ3n) is 4.21. The van der Waals surface area contributed by atoms with E-state index in [2.05, 4.69) is 10.6 Å². The molecule has 2 aromatic carbocycles. The Balaban J connectivity index is 2.04. The highest BCUT2D eigenvalue weighted by Crippen LogP contribution is 2.25. The molecule has 0 aliphatic carbocycles. The van der Waals surface area contributed by atoms with Gasteiger partial charge in [0, 0.05) is 6.07 Å². The summed E-state index contributed by atoms with van der Waals surface area (Å²) in [5, 5.41) is 15.8. The molecule has 0 aromatic heterocycles. The van der Waals surface area contributed by atoms with Crippen LogP contribution in [0.4, 0.5) is 30.2 Å². The highest BCUT2D eigenvalue weighted by atomic mass is 19.2. The van der Waals surface area contributed by atoms with E-state index in [4.69, 9.17) is 0 Å². The fourth-order valence-corrected chi connectivity index (χ4v) is 2.84. The van der Waals surface area contributed by atoms with Crippen LogP contribution in [0.5, 0.6) is 0 Å². The predicted octanol–water partition coefficient (Wildman–Crippen LogP) is 3.61. The first kappa shape index (κ1) is 23.8. The maximum atomic E-state index is 13.7. The maximum Gasteiger partial charge on any atom is 0.293 e. The molecule has 0 saturated carbocycles. The van der Waals surface area contributed by atoms with Crippen LogP contribution in [0, 0.1) is 34.5 Å². The Morgan fingerprint density at radius 3 is 2.16 bits per heavy atom. The van der Waals surface area contributed by atoms with Crippen molar-refractivity contribution in [2.75, 3.05) is 30.3 Å². The second kappa shape index (κ2) is 10.5. The molecule has 0 radical (unpaired) electrons. The summed E-state index contributed by atoms with van der Waals surface area (Å²) in [5.41, 5.74) is -0.120. The number of nitro groups is 1. The van der Waals surface area contributed by atoms with Gasteiger partial charge in [-0.1, -0.05) is 13.0 Å². The van der Waals surface area contributed by atoms with Crippen LogP contribution in [0.3, 0.4) is 0 Å². The molecule has 0 saturated heterocycles. The number of hydrogen-bond donors (Lipinski definition) is 2. The smallest absolute Gasteiger partial charge is 0.293 e. The second-order valence-corrected chi connectivity index (χ2v) is 6.81. The zero-order chi connectivity index (χ0) is 23.1. The Bertz CT molecular complexity index is 1000. The molecule has 166 valence electrons. The van der Waals surface area contributed by atoms with E-state index in [-0.39, 0.29) is 24.5 Å². The average molecular weight is 438 g/mol. The molecule has 31 heavy (non-hydrogen) atoms. The number of halogens is 3. The molecule has 2 aromatic rings. The van der Waals surface area contributed by atoms with E-state index in [1.54, 1.807) is 13.0 Å². The number of aryl methyl sites for hydroxylation is 1. The molecule has 0 spiro atoms. The van der Waals surface area contributed by atoms with Crippen molar-refractivity contribution in [3.63, 3.8) is 0 Å². The molecule has 2 rings (SSSR count). The summed E-state index contributed by atoms with van der Waals surface area (Å²) < 4.78 is 40.0. The standard InChI is InChI=1S/C20H21F3N4O4/c1-3-8-26(11-18(29)25-15-7-5-13(21)19(22)20(15)23)10-17(28)24-14-6-4-12(2)9-16(14)27(30)31/h4-7,9H,3,8,10-11H2,1-2H3,(H,24,28)(H,25,29). The van der Waals surface area contributed by atoms with Crippen LogP contribution in [0.15, 0.2) is 30.3 Å². The Hall–Kier alpha value is -3.47. The topological polar surface area (TPSA) is 105 Å². The van der Waals surface area contributed by atoms with Crippen molar-refractivity contribution in [1.82, 2.24) is 4.90 Å².